The highest BCUT2D eigenvalue weighted by Gasteiger charge is 2.11. The van der Waals surface area contributed by atoms with Gasteiger partial charge in [0.05, 0.1) is 0 Å². The van der Waals surface area contributed by atoms with Crippen LogP contribution >= 0.6 is 11.3 Å². The van der Waals surface area contributed by atoms with Crippen LogP contribution in [0.5, 0.6) is 0 Å². The van der Waals surface area contributed by atoms with E-state index in [2.05, 4.69) is 18.7 Å². The lowest BCUT2D eigenvalue weighted by Crippen LogP contribution is -1.93. The average Bonchev–Trinajstić information content (AvgIpc) is 2.59. The van der Waals surface area contributed by atoms with Gasteiger partial charge in [0.2, 0.25) is 0 Å². The van der Waals surface area contributed by atoms with Gasteiger partial charge in [-0.1, -0.05) is 24.8 Å². The van der Waals surface area contributed by atoms with Crippen LogP contribution in [0.1, 0.15) is 17.9 Å². The molecule has 1 aromatic heterocycles. The second kappa shape index (κ2) is 3.56. The molecule has 0 aliphatic carbocycles. The van der Waals surface area contributed by atoms with Gasteiger partial charge in [-0.2, -0.15) is 0 Å². The normalized spacial score (nSPS) is 13.0. The molecule has 1 unspecified atom stereocenters. The molecule has 1 nitrogen and oxygen atoms in total. The predicted octanol–water partition coefficient (Wildman–Crippen LogP) is 3.51. The summed E-state index contributed by atoms with van der Waals surface area (Å²) in [6.07, 6.45) is -0.521. The maximum absolute atomic E-state index is 9.81. The zero-order valence-corrected chi connectivity index (χ0v) is 8.84. The van der Waals surface area contributed by atoms with E-state index in [4.69, 9.17) is 0 Å². The van der Waals surface area contributed by atoms with E-state index >= 15 is 0 Å². The van der Waals surface area contributed by atoms with Crippen molar-refractivity contribution in [2.75, 3.05) is 0 Å². The molecule has 72 valence electrons. The fourth-order valence-corrected chi connectivity index (χ4v) is 2.52. The van der Waals surface area contributed by atoms with Crippen LogP contribution in [0.2, 0.25) is 0 Å². The van der Waals surface area contributed by atoms with Gasteiger partial charge in [-0.05, 0) is 30.0 Å². The Morgan fingerprint density at radius 1 is 1.43 bits per heavy atom. The molecule has 2 rings (SSSR count). The molecule has 0 amide bonds. The number of rotatable bonds is 2. The molecule has 1 atom stereocenters. The summed E-state index contributed by atoms with van der Waals surface area (Å²) in [5, 5.41) is 11.0. The fraction of sp³-hybridized carbons (Fsp3) is 0.167. The first-order valence-corrected chi connectivity index (χ1v) is 5.32. The first-order chi connectivity index (χ1) is 6.68. The van der Waals surface area contributed by atoms with Gasteiger partial charge in [-0.15, -0.1) is 11.3 Å². The van der Waals surface area contributed by atoms with Crippen molar-refractivity contribution in [3.05, 3.63) is 47.4 Å². The van der Waals surface area contributed by atoms with Crippen molar-refractivity contribution in [2.24, 2.45) is 0 Å². The molecule has 0 saturated heterocycles. The van der Waals surface area contributed by atoms with Crippen LogP contribution in [-0.2, 0) is 0 Å². The number of aliphatic hydroxyl groups is 1. The number of hydrogen-bond donors (Lipinski definition) is 1. The minimum Gasteiger partial charge on any atom is -0.383 e. The summed E-state index contributed by atoms with van der Waals surface area (Å²) in [5.74, 6) is 0. The van der Waals surface area contributed by atoms with Crippen LogP contribution in [0.15, 0.2) is 42.5 Å². The van der Waals surface area contributed by atoms with Gasteiger partial charge in [-0.25, -0.2) is 0 Å². The highest BCUT2D eigenvalue weighted by molar-refractivity contribution is 7.19. The van der Waals surface area contributed by atoms with Crippen LogP contribution in [0.4, 0.5) is 0 Å². The van der Waals surface area contributed by atoms with Crippen molar-refractivity contribution in [1.29, 1.82) is 0 Å². The third-order valence-electron chi connectivity index (χ3n) is 2.18. The van der Waals surface area contributed by atoms with E-state index in [-0.39, 0.29) is 0 Å². The van der Waals surface area contributed by atoms with Crippen molar-refractivity contribution in [2.45, 2.75) is 13.0 Å². The molecule has 1 heterocycles. The monoisotopic (exact) mass is 204 g/mol. The van der Waals surface area contributed by atoms with Gasteiger partial charge in [0.15, 0.2) is 0 Å². The topological polar surface area (TPSA) is 20.2 Å². The van der Waals surface area contributed by atoms with E-state index in [1.54, 1.807) is 11.3 Å². The lowest BCUT2D eigenvalue weighted by atomic mass is 10.1. The molecule has 0 aliphatic heterocycles. The minimum atomic E-state index is -0.521. The molecule has 0 spiro atoms. The molecule has 0 saturated carbocycles. The lowest BCUT2D eigenvalue weighted by molar-refractivity contribution is 0.220. The van der Waals surface area contributed by atoms with Crippen molar-refractivity contribution >= 4 is 21.4 Å². The predicted molar refractivity (Wildman–Crippen MR) is 61.6 cm³/mol. The van der Waals surface area contributed by atoms with Crippen molar-refractivity contribution in [1.82, 2.24) is 0 Å². The van der Waals surface area contributed by atoms with Crippen LogP contribution < -0.4 is 0 Å². The molecule has 0 aliphatic rings. The van der Waals surface area contributed by atoms with E-state index in [9.17, 15) is 5.11 Å². The summed E-state index contributed by atoms with van der Waals surface area (Å²) in [6, 6.07) is 10.2. The Hall–Kier alpha value is -1.12. The Kier molecular flexibility index (Phi) is 2.40. The SMILES string of the molecule is C=C(C)C(O)c1cc2ccccc2s1. The smallest absolute Gasteiger partial charge is 0.109 e. The Bertz CT molecular complexity index is 437. The number of fused-ring (bicyclic) bond motifs is 1. The van der Waals surface area contributed by atoms with Crippen LogP contribution in [0, 0.1) is 0 Å². The zero-order chi connectivity index (χ0) is 10.1. The van der Waals surface area contributed by atoms with Gasteiger partial charge in [0.25, 0.3) is 0 Å². The highest BCUT2D eigenvalue weighted by atomic mass is 32.1. The quantitative estimate of drug-likeness (QED) is 0.742. The Morgan fingerprint density at radius 2 is 2.14 bits per heavy atom. The molecular formula is C12H12OS. The number of thiophene rings is 1. The summed E-state index contributed by atoms with van der Waals surface area (Å²) in [4.78, 5) is 0.971. The highest BCUT2D eigenvalue weighted by Crippen LogP contribution is 2.32. The molecule has 0 fully saturated rings. The average molecular weight is 204 g/mol. The van der Waals surface area contributed by atoms with Gasteiger partial charge >= 0.3 is 0 Å². The lowest BCUT2D eigenvalue weighted by Gasteiger charge is -2.05. The van der Waals surface area contributed by atoms with E-state index in [0.29, 0.717) is 0 Å². The standard InChI is InChI=1S/C12H12OS/c1-8(2)12(13)11-7-9-5-3-4-6-10(9)14-11/h3-7,12-13H,1H2,2H3. The van der Waals surface area contributed by atoms with Gasteiger partial charge < -0.3 is 5.11 Å². The van der Waals surface area contributed by atoms with E-state index in [1.807, 2.05) is 25.1 Å². The van der Waals surface area contributed by atoms with Crippen molar-refractivity contribution in [3.63, 3.8) is 0 Å². The first kappa shape index (κ1) is 9.44. The maximum Gasteiger partial charge on any atom is 0.109 e. The molecule has 0 radical (unpaired) electrons. The number of hydrogen-bond acceptors (Lipinski definition) is 2. The second-order valence-electron chi connectivity index (χ2n) is 3.44. The Morgan fingerprint density at radius 3 is 2.79 bits per heavy atom. The van der Waals surface area contributed by atoms with E-state index in [0.717, 1.165) is 10.5 Å². The van der Waals surface area contributed by atoms with E-state index in [1.165, 1.54) is 10.1 Å². The molecule has 0 bridgehead atoms. The number of benzene rings is 1. The largest absolute Gasteiger partial charge is 0.383 e. The molecule has 2 heteroatoms. The minimum absolute atomic E-state index is 0.521. The third kappa shape index (κ3) is 1.59. The van der Waals surface area contributed by atoms with Crippen LogP contribution in [-0.4, -0.2) is 5.11 Å². The zero-order valence-electron chi connectivity index (χ0n) is 8.03. The summed E-state index contributed by atoms with van der Waals surface area (Å²) in [5.41, 5.74) is 0.788. The van der Waals surface area contributed by atoms with Crippen molar-refractivity contribution in [3.8, 4) is 0 Å². The van der Waals surface area contributed by atoms with Gasteiger partial charge in [0.1, 0.15) is 6.10 Å². The van der Waals surface area contributed by atoms with Crippen LogP contribution in [0.3, 0.4) is 0 Å². The Balaban J connectivity index is 2.50. The molecule has 14 heavy (non-hydrogen) atoms. The number of aliphatic hydroxyl groups excluding tert-OH is 1. The van der Waals surface area contributed by atoms with Crippen molar-refractivity contribution < 1.29 is 5.11 Å². The third-order valence-corrected chi connectivity index (χ3v) is 3.35. The first-order valence-electron chi connectivity index (χ1n) is 4.50. The Labute approximate surface area is 87.3 Å². The summed E-state index contributed by atoms with van der Waals surface area (Å²) >= 11 is 1.62. The maximum atomic E-state index is 9.81. The fourth-order valence-electron chi connectivity index (χ4n) is 1.38. The second-order valence-corrected chi connectivity index (χ2v) is 4.55. The van der Waals surface area contributed by atoms with E-state index < -0.39 is 6.10 Å². The van der Waals surface area contributed by atoms with Gasteiger partial charge in [0, 0.05) is 9.58 Å². The van der Waals surface area contributed by atoms with Crippen LogP contribution in [0.25, 0.3) is 10.1 Å². The molecule has 1 aromatic carbocycles. The summed E-state index contributed by atoms with van der Waals surface area (Å²) in [6.45, 7) is 5.60. The molecule has 2 aromatic rings. The summed E-state index contributed by atoms with van der Waals surface area (Å²) in [7, 11) is 0. The molecule has 1 N–H and O–H groups in total. The summed E-state index contributed by atoms with van der Waals surface area (Å²) < 4.78 is 1.21. The molecular weight excluding hydrogens is 192 g/mol. The van der Waals surface area contributed by atoms with Gasteiger partial charge in [-0.3, -0.25) is 0 Å².